The maximum atomic E-state index is 12.7. The zero-order valence-corrected chi connectivity index (χ0v) is 15.4. The van der Waals surface area contributed by atoms with E-state index in [1.807, 2.05) is 35.2 Å². The lowest BCUT2D eigenvalue weighted by molar-refractivity contribution is -0.0956. The zero-order chi connectivity index (χ0) is 17.2. The van der Waals surface area contributed by atoms with Crippen molar-refractivity contribution in [2.24, 2.45) is 5.92 Å². The quantitative estimate of drug-likeness (QED) is 0.851. The lowest BCUT2D eigenvalue weighted by Gasteiger charge is -2.33. The highest BCUT2D eigenvalue weighted by molar-refractivity contribution is 9.10. The number of H-pyrrole nitrogens is 1. The van der Waals surface area contributed by atoms with E-state index in [2.05, 4.69) is 26.1 Å². The van der Waals surface area contributed by atoms with Crippen molar-refractivity contribution < 1.29 is 14.3 Å². The van der Waals surface area contributed by atoms with E-state index in [1.54, 1.807) is 0 Å². The number of nitrogens with one attached hydrogen (secondary N) is 1. The molecule has 2 fully saturated rings. The first kappa shape index (κ1) is 16.8. The van der Waals surface area contributed by atoms with Crippen molar-refractivity contribution in [2.45, 2.75) is 19.1 Å². The highest BCUT2D eigenvalue weighted by Gasteiger charge is 2.32. The fraction of sp³-hybridized carbons (Fsp3) is 0.444. The summed E-state index contributed by atoms with van der Waals surface area (Å²) in [6.45, 7) is 2.80. The van der Waals surface area contributed by atoms with Gasteiger partial charge in [-0.1, -0.05) is 28.1 Å². The Kier molecular flexibility index (Phi) is 4.87. The molecule has 1 aromatic heterocycles. The Morgan fingerprint density at radius 2 is 1.84 bits per heavy atom. The number of aromatic nitrogens is 2. The highest BCUT2D eigenvalue weighted by Crippen LogP contribution is 2.27. The zero-order valence-electron chi connectivity index (χ0n) is 13.8. The second-order valence-corrected chi connectivity index (χ2v) is 7.33. The lowest BCUT2D eigenvalue weighted by Crippen LogP contribution is -2.41. The molecule has 0 unspecified atom stereocenters. The Morgan fingerprint density at radius 1 is 1.16 bits per heavy atom. The van der Waals surface area contributed by atoms with Gasteiger partial charge < -0.3 is 14.4 Å². The highest BCUT2D eigenvalue weighted by atomic mass is 79.9. The SMILES string of the molecule is O=C(c1cc(-c2ccc(Br)cc2)n[nH]1)N1CCC(C2OCCO2)CC1. The number of aromatic amines is 1. The summed E-state index contributed by atoms with van der Waals surface area (Å²) >= 11 is 3.42. The van der Waals surface area contributed by atoms with Gasteiger partial charge >= 0.3 is 0 Å². The van der Waals surface area contributed by atoms with Crippen molar-refractivity contribution in [3.05, 3.63) is 40.5 Å². The molecule has 0 aliphatic carbocycles. The Labute approximate surface area is 154 Å². The molecule has 132 valence electrons. The first-order valence-corrected chi connectivity index (χ1v) is 9.34. The number of likely N-dealkylation sites (tertiary alicyclic amines) is 1. The summed E-state index contributed by atoms with van der Waals surface area (Å²) in [4.78, 5) is 14.6. The van der Waals surface area contributed by atoms with Crippen LogP contribution < -0.4 is 0 Å². The minimum Gasteiger partial charge on any atom is -0.350 e. The molecule has 25 heavy (non-hydrogen) atoms. The monoisotopic (exact) mass is 405 g/mol. The van der Waals surface area contributed by atoms with Crippen LogP contribution in [0.1, 0.15) is 23.3 Å². The molecule has 7 heteroatoms. The van der Waals surface area contributed by atoms with Crippen molar-refractivity contribution >= 4 is 21.8 Å². The van der Waals surface area contributed by atoms with Gasteiger partial charge in [0.2, 0.25) is 0 Å². The summed E-state index contributed by atoms with van der Waals surface area (Å²) in [6.07, 6.45) is 1.72. The van der Waals surface area contributed by atoms with Crippen LogP contribution in [0, 0.1) is 5.92 Å². The maximum absolute atomic E-state index is 12.7. The van der Waals surface area contributed by atoms with Gasteiger partial charge in [-0.3, -0.25) is 9.89 Å². The molecule has 1 amide bonds. The number of carbonyl (C=O) groups is 1. The fourth-order valence-electron chi connectivity index (χ4n) is 3.39. The summed E-state index contributed by atoms with van der Waals surface area (Å²) in [5.74, 6) is 0.384. The van der Waals surface area contributed by atoms with Crippen LogP contribution in [-0.2, 0) is 9.47 Å². The first-order valence-electron chi connectivity index (χ1n) is 8.54. The third-order valence-electron chi connectivity index (χ3n) is 4.81. The number of halogens is 1. The molecular weight excluding hydrogens is 386 g/mol. The number of hydrogen-bond acceptors (Lipinski definition) is 4. The van der Waals surface area contributed by atoms with Gasteiger partial charge in [0.25, 0.3) is 5.91 Å². The molecule has 1 N–H and O–H groups in total. The summed E-state index contributed by atoms with van der Waals surface area (Å²) < 4.78 is 12.2. The van der Waals surface area contributed by atoms with Crippen molar-refractivity contribution in [3.63, 3.8) is 0 Å². The van der Waals surface area contributed by atoms with Crippen molar-refractivity contribution in [1.29, 1.82) is 0 Å². The molecule has 3 heterocycles. The molecule has 2 aliphatic heterocycles. The lowest BCUT2D eigenvalue weighted by atomic mass is 9.96. The predicted octanol–water partition coefficient (Wildman–Crippen LogP) is 3.06. The van der Waals surface area contributed by atoms with Gasteiger partial charge in [0.1, 0.15) is 5.69 Å². The Hall–Kier alpha value is -1.70. The molecule has 4 rings (SSSR count). The topological polar surface area (TPSA) is 67.5 Å². The second-order valence-electron chi connectivity index (χ2n) is 6.41. The van der Waals surface area contributed by atoms with Crippen LogP contribution in [0.25, 0.3) is 11.3 Å². The molecule has 0 radical (unpaired) electrons. The molecule has 1 aromatic carbocycles. The summed E-state index contributed by atoms with van der Waals surface area (Å²) in [6, 6.07) is 9.69. The van der Waals surface area contributed by atoms with Crippen molar-refractivity contribution in [3.8, 4) is 11.3 Å². The number of carbonyl (C=O) groups excluding carboxylic acids is 1. The van der Waals surface area contributed by atoms with E-state index in [1.165, 1.54) is 0 Å². The summed E-state index contributed by atoms with van der Waals surface area (Å²) in [5.41, 5.74) is 2.29. The van der Waals surface area contributed by atoms with E-state index in [0.29, 0.717) is 24.8 Å². The minimum atomic E-state index is -0.0894. The van der Waals surface area contributed by atoms with E-state index in [-0.39, 0.29) is 12.2 Å². The van der Waals surface area contributed by atoms with Crippen LogP contribution in [0.3, 0.4) is 0 Å². The number of benzene rings is 1. The number of amides is 1. The van der Waals surface area contributed by atoms with Crippen molar-refractivity contribution in [1.82, 2.24) is 15.1 Å². The van der Waals surface area contributed by atoms with Crippen LogP contribution >= 0.6 is 15.9 Å². The van der Waals surface area contributed by atoms with Gasteiger partial charge in [0.15, 0.2) is 6.29 Å². The largest absolute Gasteiger partial charge is 0.350 e. The molecule has 0 atom stereocenters. The van der Waals surface area contributed by atoms with Crippen LogP contribution in [0.4, 0.5) is 0 Å². The summed E-state index contributed by atoms with van der Waals surface area (Å²) in [5, 5.41) is 7.16. The Bertz CT molecular complexity index is 732. The van der Waals surface area contributed by atoms with Crippen LogP contribution in [-0.4, -0.2) is 53.6 Å². The van der Waals surface area contributed by atoms with E-state index in [9.17, 15) is 4.79 Å². The van der Waals surface area contributed by atoms with Gasteiger partial charge in [-0.05, 0) is 31.0 Å². The number of nitrogens with zero attached hydrogens (tertiary/aromatic N) is 2. The average molecular weight is 406 g/mol. The Balaban J connectivity index is 1.39. The van der Waals surface area contributed by atoms with Crippen LogP contribution in [0.15, 0.2) is 34.8 Å². The summed E-state index contributed by atoms with van der Waals surface area (Å²) in [7, 11) is 0. The average Bonchev–Trinajstić information content (AvgIpc) is 3.34. The molecule has 2 aromatic rings. The predicted molar refractivity (Wildman–Crippen MR) is 96.0 cm³/mol. The number of hydrogen-bond donors (Lipinski definition) is 1. The van der Waals surface area contributed by atoms with Gasteiger partial charge in [-0.2, -0.15) is 5.10 Å². The molecule has 2 saturated heterocycles. The maximum Gasteiger partial charge on any atom is 0.271 e. The van der Waals surface area contributed by atoms with Crippen LogP contribution in [0.2, 0.25) is 0 Å². The van der Waals surface area contributed by atoms with E-state index in [0.717, 1.165) is 41.7 Å². The normalized spacial score (nSPS) is 19.5. The van der Waals surface area contributed by atoms with Gasteiger partial charge in [-0.15, -0.1) is 0 Å². The third-order valence-corrected chi connectivity index (χ3v) is 5.34. The van der Waals surface area contributed by atoms with Gasteiger partial charge in [0.05, 0.1) is 18.9 Å². The number of piperidine rings is 1. The first-order chi connectivity index (χ1) is 12.2. The number of ether oxygens (including phenoxy) is 2. The molecule has 0 saturated carbocycles. The van der Waals surface area contributed by atoms with Gasteiger partial charge in [0, 0.05) is 29.0 Å². The number of rotatable bonds is 3. The standard InChI is InChI=1S/C18H20BrN3O3/c19-14-3-1-12(2-4-14)15-11-16(21-20-15)17(23)22-7-5-13(6-8-22)18-24-9-10-25-18/h1-4,11,13,18H,5-10H2,(H,20,21). The molecule has 0 bridgehead atoms. The van der Waals surface area contributed by atoms with E-state index >= 15 is 0 Å². The van der Waals surface area contributed by atoms with Gasteiger partial charge in [-0.25, -0.2) is 0 Å². The van der Waals surface area contributed by atoms with Crippen molar-refractivity contribution in [2.75, 3.05) is 26.3 Å². The fourth-order valence-corrected chi connectivity index (χ4v) is 3.66. The molecule has 0 spiro atoms. The molecule has 6 nitrogen and oxygen atoms in total. The van der Waals surface area contributed by atoms with Crippen LogP contribution in [0.5, 0.6) is 0 Å². The Morgan fingerprint density at radius 3 is 2.52 bits per heavy atom. The molecule has 2 aliphatic rings. The smallest absolute Gasteiger partial charge is 0.271 e. The molecular formula is C18H20BrN3O3. The third kappa shape index (κ3) is 3.63. The second kappa shape index (κ2) is 7.27. The van der Waals surface area contributed by atoms with E-state index in [4.69, 9.17) is 9.47 Å². The minimum absolute atomic E-state index is 0.00238. The van der Waals surface area contributed by atoms with E-state index < -0.39 is 0 Å².